The Kier molecular flexibility index (Phi) is 7.08. The number of aromatic nitrogens is 6. The smallest absolute Gasteiger partial charge is 0.308 e. The van der Waals surface area contributed by atoms with Gasteiger partial charge in [0, 0.05) is 45.4 Å². The average Bonchev–Trinajstić information content (AvgIpc) is 3.59. The first-order valence-electron chi connectivity index (χ1n) is 12.2. The van der Waals surface area contributed by atoms with Gasteiger partial charge in [-0.1, -0.05) is 0 Å². The number of hydrogen-bond donors (Lipinski definition) is 0. The van der Waals surface area contributed by atoms with Crippen LogP contribution >= 0.6 is 0 Å². The normalized spacial score (nSPS) is 11.9. The van der Waals surface area contributed by atoms with Gasteiger partial charge >= 0.3 is 10.2 Å². The zero-order valence-corrected chi connectivity index (χ0v) is 23.6. The van der Waals surface area contributed by atoms with E-state index in [0.717, 1.165) is 8.28 Å². The highest BCUT2D eigenvalue weighted by molar-refractivity contribution is 7.87. The van der Waals surface area contributed by atoms with E-state index in [-0.39, 0.29) is 34.8 Å². The Morgan fingerprint density at radius 2 is 1.85 bits per heavy atom. The van der Waals surface area contributed by atoms with Crippen molar-refractivity contribution < 1.29 is 21.9 Å². The summed E-state index contributed by atoms with van der Waals surface area (Å²) < 4.78 is 67.3. The number of halogens is 2. The summed E-state index contributed by atoms with van der Waals surface area (Å²) >= 11 is 0. The van der Waals surface area contributed by atoms with E-state index in [4.69, 9.17) is 4.74 Å². The van der Waals surface area contributed by atoms with Gasteiger partial charge in [0.05, 0.1) is 36.4 Å². The molecule has 12 nitrogen and oxygen atoms in total. The molecule has 0 aliphatic rings. The number of rotatable bonds is 8. The Morgan fingerprint density at radius 1 is 1.10 bits per heavy atom. The summed E-state index contributed by atoms with van der Waals surface area (Å²) in [5.41, 5.74) is 0.152. The molecule has 0 radical (unpaired) electrons. The third-order valence-electron chi connectivity index (χ3n) is 6.53. The van der Waals surface area contributed by atoms with Crippen molar-refractivity contribution in [3.05, 3.63) is 88.8 Å². The summed E-state index contributed by atoms with van der Waals surface area (Å²) in [5, 5.41) is 4.25. The van der Waals surface area contributed by atoms with Crippen LogP contribution in [0.25, 0.3) is 16.6 Å². The Labute approximate surface area is 233 Å². The topological polar surface area (TPSA) is 120 Å². The maximum Gasteiger partial charge on any atom is 0.308 e. The third kappa shape index (κ3) is 4.82. The van der Waals surface area contributed by atoms with Crippen LogP contribution < -0.4 is 15.2 Å². The molecule has 0 saturated carbocycles. The molecule has 2 aromatic carbocycles. The fourth-order valence-electron chi connectivity index (χ4n) is 4.36. The van der Waals surface area contributed by atoms with Crippen molar-refractivity contribution in [3.63, 3.8) is 0 Å². The fraction of sp³-hybridized carbons (Fsp3) is 0.231. The van der Waals surface area contributed by atoms with Crippen LogP contribution in [0.4, 0.5) is 20.2 Å². The van der Waals surface area contributed by atoms with E-state index in [1.807, 2.05) is 0 Å². The predicted molar refractivity (Wildman–Crippen MR) is 148 cm³/mol. The number of imidazole rings is 1. The van der Waals surface area contributed by atoms with Crippen LogP contribution in [0.2, 0.25) is 0 Å². The number of benzene rings is 2. The van der Waals surface area contributed by atoms with Crippen molar-refractivity contribution in [2.45, 2.75) is 13.5 Å². The maximum atomic E-state index is 15.8. The van der Waals surface area contributed by atoms with Crippen molar-refractivity contribution in [2.24, 2.45) is 7.05 Å². The molecule has 0 atom stereocenters. The van der Waals surface area contributed by atoms with E-state index in [0.29, 0.717) is 11.2 Å². The van der Waals surface area contributed by atoms with E-state index in [9.17, 15) is 13.2 Å². The molecule has 0 bridgehead atoms. The molecule has 214 valence electrons. The number of aryl methyl sites for hydroxylation is 2. The minimum absolute atomic E-state index is 0.0305. The lowest BCUT2D eigenvalue weighted by Crippen LogP contribution is -2.31. The first kappa shape index (κ1) is 27.9. The highest BCUT2D eigenvalue weighted by atomic mass is 32.2. The lowest BCUT2D eigenvalue weighted by atomic mass is 10.1. The van der Waals surface area contributed by atoms with Crippen LogP contribution in [0, 0.1) is 18.6 Å². The molecule has 0 spiro atoms. The Bertz CT molecular complexity index is 1950. The van der Waals surface area contributed by atoms with Gasteiger partial charge in [-0.15, -0.1) is 0 Å². The van der Waals surface area contributed by atoms with Crippen LogP contribution in [0.5, 0.6) is 5.75 Å². The highest BCUT2D eigenvalue weighted by Crippen LogP contribution is 2.38. The number of fused-ring (bicyclic) bond motifs is 1. The summed E-state index contributed by atoms with van der Waals surface area (Å²) in [6, 6.07) is 5.74. The molecule has 0 unspecified atom stereocenters. The second-order valence-corrected chi connectivity index (χ2v) is 11.4. The molecular formula is C26H26F2N8O4S. The summed E-state index contributed by atoms with van der Waals surface area (Å²) in [6.07, 6.45) is 7.02. The van der Waals surface area contributed by atoms with E-state index in [1.54, 1.807) is 19.3 Å². The van der Waals surface area contributed by atoms with Crippen molar-refractivity contribution in [1.29, 1.82) is 0 Å². The minimum atomic E-state index is -4.01. The Balaban J connectivity index is 1.75. The second kappa shape index (κ2) is 10.4. The Hall–Kier alpha value is -4.63. The van der Waals surface area contributed by atoms with E-state index in [1.165, 1.54) is 85.4 Å². The molecule has 15 heteroatoms. The van der Waals surface area contributed by atoms with E-state index in [2.05, 4.69) is 15.1 Å². The van der Waals surface area contributed by atoms with Crippen LogP contribution in [-0.2, 0) is 23.8 Å². The molecular weight excluding hydrogens is 558 g/mol. The van der Waals surface area contributed by atoms with Gasteiger partial charge in [-0.05, 0) is 36.8 Å². The van der Waals surface area contributed by atoms with Crippen molar-refractivity contribution in [3.8, 4) is 11.4 Å². The van der Waals surface area contributed by atoms with E-state index >= 15 is 8.78 Å². The van der Waals surface area contributed by atoms with Crippen LogP contribution in [0.15, 0.2) is 60.2 Å². The number of nitrogens with zero attached hydrogens (tertiary/aromatic N) is 8. The number of methoxy groups -OCH3 is 1. The zero-order valence-electron chi connectivity index (χ0n) is 22.8. The molecule has 0 N–H and O–H groups in total. The lowest BCUT2D eigenvalue weighted by molar-refractivity contribution is 0.383. The first-order chi connectivity index (χ1) is 19.4. The van der Waals surface area contributed by atoms with Gasteiger partial charge in [0.15, 0.2) is 17.4 Å². The molecule has 0 fully saturated rings. The largest absolute Gasteiger partial charge is 0.494 e. The van der Waals surface area contributed by atoms with Gasteiger partial charge in [-0.2, -0.15) is 17.8 Å². The molecule has 3 heterocycles. The Morgan fingerprint density at radius 3 is 2.51 bits per heavy atom. The first-order valence-corrected chi connectivity index (χ1v) is 13.6. The van der Waals surface area contributed by atoms with Crippen molar-refractivity contribution >= 4 is 32.5 Å². The van der Waals surface area contributed by atoms with Crippen LogP contribution in [0.3, 0.4) is 0 Å². The van der Waals surface area contributed by atoms with Gasteiger partial charge in [-0.3, -0.25) is 14.0 Å². The van der Waals surface area contributed by atoms with Crippen molar-refractivity contribution in [1.82, 2.24) is 32.6 Å². The highest BCUT2D eigenvalue weighted by Gasteiger charge is 2.28. The van der Waals surface area contributed by atoms with Gasteiger partial charge in [-0.25, -0.2) is 22.7 Å². The SMILES string of the molecule is COc1cc(C)c(F)c(N(Cc2nccn2S(=O)(=O)N(C)C)c2ccc3ncn(-c4cnn(C)c4)c(=O)c3c2)c1F. The predicted octanol–water partition coefficient (Wildman–Crippen LogP) is 2.90. The zero-order chi connectivity index (χ0) is 29.6. The number of anilines is 2. The van der Waals surface area contributed by atoms with Crippen LogP contribution in [0.1, 0.15) is 11.4 Å². The van der Waals surface area contributed by atoms with Gasteiger partial charge < -0.3 is 9.64 Å². The minimum Gasteiger partial charge on any atom is -0.494 e. The summed E-state index contributed by atoms with van der Waals surface area (Å²) in [6.45, 7) is 1.07. The molecule has 0 saturated heterocycles. The van der Waals surface area contributed by atoms with Crippen molar-refractivity contribution in [2.75, 3.05) is 26.1 Å². The summed E-state index contributed by atoms with van der Waals surface area (Å²) in [5.74, 6) is -2.15. The maximum absolute atomic E-state index is 15.8. The quantitative estimate of drug-likeness (QED) is 0.273. The second-order valence-electron chi connectivity index (χ2n) is 9.38. The number of hydrogen-bond acceptors (Lipinski definition) is 8. The summed E-state index contributed by atoms with van der Waals surface area (Å²) in [7, 11) is 1.65. The third-order valence-corrected chi connectivity index (χ3v) is 8.28. The molecule has 0 aliphatic heterocycles. The number of ether oxygens (including phenoxy) is 1. The lowest BCUT2D eigenvalue weighted by Gasteiger charge is -2.27. The van der Waals surface area contributed by atoms with Gasteiger partial charge in [0.25, 0.3) is 5.56 Å². The van der Waals surface area contributed by atoms with E-state index < -0.39 is 33.1 Å². The van der Waals surface area contributed by atoms with Gasteiger partial charge in [0.1, 0.15) is 17.8 Å². The monoisotopic (exact) mass is 584 g/mol. The molecule has 0 aliphatic carbocycles. The molecule has 0 amide bonds. The molecule has 5 aromatic rings. The summed E-state index contributed by atoms with van der Waals surface area (Å²) in [4.78, 5) is 23.3. The van der Waals surface area contributed by atoms with Gasteiger partial charge in [0.2, 0.25) is 0 Å². The fourth-order valence-corrected chi connectivity index (χ4v) is 5.29. The molecule has 41 heavy (non-hydrogen) atoms. The molecule has 3 aromatic heterocycles. The standard InChI is InChI=1S/C26H26F2N8O4S/c1-16-10-21(40-5)24(28)25(23(16)27)34(14-22-29-8-9-36(22)41(38,39)32(2)3)17-6-7-20-19(11-17)26(37)35(15-30-20)18-12-31-33(4)13-18/h6-13,15H,14H2,1-5H3. The average molecular weight is 585 g/mol. The molecule has 5 rings (SSSR count). The van der Waals surface area contributed by atoms with Crippen LogP contribution in [-0.4, -0.2) is 62.2 Å².